The predicted molar refractivity (Wildman–Crippen MR) is 48.8 cm³/mol. The minimum atomic E-state index is -0.993. The lowest BCUT2D eigenvalue weighted by Gasteiger charge is -2.35. The van der Waals surface area contributed by atoms with Gasteiger partial charge in [-0.2, -0.15) is 0 Å². The molecule has 1 rings (SSSR count). The van der Waals surface area contributed by atoms with E-state index in [2.05, 4.69) is 4.90 Å². The third-order valence-electron chi connectivity index (χ3n) is 2.27. The highest BCUT2D eigenvalue weighted by Crippen LogP contribution is 2.24. The van der Waals surface area contributed by atoms with Gasteiger partial charge >= 0.3 is 0 Å². The summed E-state index contributed by atoms with van der Waals surface area (Å²) in [6.45, 7) is 6.01. The molecule has 0 saturated carbocycles. The Morgan fingerprint density at radius 1 is 1.67 bits per heavy atom. The summed E-state index contributed by atoms with van der Waals surface area (Å²) in [6.07, 6.45) is 1.65. The first-order chi connectivity index (χ1) is 5.49. The van der Waals surface area contributed by atoms with Crippen LogP contribution in [0.15, 0.2) is 0 Å². The summed E-state index contributed by atoms with van der Waals surface area (Å²) in [5.74, 6) is 0. The zero-order valence-corrected chi connectivity index (χ0v) is 8.02. The van der Waals surface area contributed by atoms with E-state index in [1.54, 1.807) is 6.92 Å². The number of hydrogen-bond donors (Lipinski definition) is 1. The summed E-state index contributed by atoms with van der Waals surface area (Å²) in [5, 5.41) is 0. The fourth-order valence-electron chi connectivity index (χ4n) is 1.86. The molecule has 0 bridgehead atoms. The minimum absolute atomic E-state index is 0.152. The smallest absolute Gasteiger partial charge is 0.120 e. The first-order valence-electron chi connectivity index (χ1n) is 4.66. The van der Waals surface area contributed by atoms with Crippen molar-refractivity contribution < 1.29 is 4.39 Å². The third-order valence-corrected chi connectivity index (χ3v) is 2.27. The van der Waals surface area contributed by atoms with Gasteiger partial charge in [-0.05, 0) is 33.2 Å². The van der Waals surface area contributed by atoms with Crippen LogP contribution in [0.1, 0.15) is 26.7 Å². The van der Waals surface area contributed by atoms with Crippen molar-refractivity contribution in [3.63, 3.8) is 0 Å². The first-order valence-corrected chi connectivity index (χ1v) is 4.66. The van der Waals surface area contributed by atoms with E-state index in [4.69, 9.17) is 5.73 Å². The molecule has 1 saturated heterocycles. The molecule has 1 aliphatic heterocycles. The normalized spacial score (nSPS) is 35.0. The molecule has 3 heteroatoms. The third kappa shape index (κ3) is 3.07. The lowest BCUT2D eigenvalue weighted by molar-refractivity contribution is 0.0583. The van der Waals surface area contributed by atoms with Crippen LogP contribution >= 0.6 is 0 Å². The van der Waals surface area contributed by atoms with Gasteiger partial charge in [0.05, 0.1) is 0 Å². The van der Waals surface area contributed by atoms with Crippen LogP contribution in [0.3, 0.4) is 0 Å². The predicted octanol–water partition coefficient (Wildman–Crippen LogP) is 1.16. The Morgan fingerprint density at radius 3 is 2.83 bits per heavy atom. The maximum absolute atomic E-state index is 13.5. The van der Waals surface area contributed by atoms with Crippen molar-refractivity contribution in [2.75, 3.05) is 19.6 Å². The monoisotopic (exact) mass is 174 g/mol. The van der Waals surface area contributed by atoms with Gasteiger partial charge in [-0.25, -0.2) is 4.39 Å². The van der Waals surface area contributed by atoms with Crippen LogP contribution in [0.4, 0.5) is 4.39 Å². The highest BCUT2D eigenvalue weighted by Gasteiger charge is 2.30. The first kappa shape index (κ1) is 9.93. The standard InChI is InChI=1S/C9H19FN2/c1-8(11)6-12-5-3-4-9(2,10)7-12/h8H,3-7,11H2,1-2H3. The number of rotatable bonds is 2. The summed E-state index contributed by atoms with van der Waals surface area (Å²) in [6, 6.07) is 0.152. The van der Waals surface area contributed by atoms with Gasteiger partial charge in [0, 0.05) is 19.1 Å². The number of piperidine rings is 1. The number of nitrogens with zero attached hydrogens (tertiary/aromatic N) is 1. The lowest BCUT2D eigenvalue weighted by atomic mass is 9.97. The molecular weight excluding hydrogens is 155 g/mol. The van der Waals surface area contributed by atoms with Crippen molar-refractivity contribution in [2.45, 2.75) is 38.4 Å². The summed E-state index contributed by atoms with van der Waals surface area (Å²) >= 11 is 0. The number of alkyl halides is 1. The van der Waals surface area contributed by atoms with E-state index in [1.807, 2.05) is 6.92 Å². The zero-order chi connectivity index (χ0) is 9.19. The summed E-state index contributed by atoms with van der Waals surface area (Å²) in [7, 11) is 0. The van der Waals surface area contributed by atoms with Crippen LogP contribution in [0, 0.1) is 0 Å². The molecule has 2 unspecified atom stereocenters. The van der Waals surface area contributed by atoms with Gasteiger partial charge < -0.3 is 5.73 Å². The Morgan fingerprint density at radius 2 is 2.33 bits per heavy atom. The van der Waals surface area contributed by atoms with Crippen LogP contribution in [-0.2, 0) is 0 Å². The molecule has 1 fully saturated rings. The summed E-state index contributed by atoms with van der Waals surface area (Å²) < 4.78 is 13.5. The van der Waals surface area contributed by atoms with Gasteiger partial charge in [0.15, 0.2) is 0 Å². The molecule has 1 aliphatic rings. The average molecular weight is 174 g/mol. The number of halogens is 1. The fraction of sp³-hybridized carbons (Fsp3) is 1.00. The number of nitrogens with two attached hydrogens (primary N) is 1. The second-order valence-corrected chi connectivity index (χ2v) is 4.23. The van der Waals surface area contributed by atoms with Gasteiger partial charge in [-0.15, -0.1) is 0 Å². The van der Waals surface area contributed by atoms with Gasteiger partial charge in [0.1, 0.15) is 5.67 Å². The van der Waals surface area contributed by atoms with E-state index in [0.717, 1.165) is 19.5 Å². The minimum Gasteiger partial charge on any atom is -0.327 e. The Bertz CT molecular complexity index is 145. The van der Waals surface area contributed by atoms with E-state index in [9.17, 15) is 4.39 Å². The van der Waals surface area contributed by atoms with Crippen molar-refractivity contribution in [3.8, 4) is 0 Å². The average Bonchev–Trinajstić information content (AvgIpc) is 1.82. The molecule has 0 radical (unpaired) electrons. The van der Waals surface area contributed by atoms with Gasteiger partial charge in [0.2, 0.25) is 0 Å². The van der Waals surface area contributed by atoms with Gasteiger partial charge in [0.25, 0.3) is 0 Å². The molecule has 1 heterocycles. The molecule has 2 nitrogen and oxygen atoms in total. The largest absolute Gasteiger partial charge is 0.327 e. The quantitative estimate of drug-likeness (QED) is 0.680. The molecule has 12 heavy (non-hydrogen) atoms. The maximum Gasteiger partial charge on any atom is 0.120 e. The molecule has 0 aromatic rings. The van der Waals surface area contributed by atoms with Crippen LogP contribution in [0.2, 0.25) is 0 Å². The Balaban J connectivity index is 2.36. The molecule has 0 amide bonds. The van der Waals surface area contributed by atoms with E-state index >= 15 is 0 Å². The second-order valence-electron chi connectivity index (χ2n) is 4.23. The highest BCUT2D eigenvalue weighted by molar-refractivity contribution is 4.84. The number of hydrogen-bond acceptors (Lipinski definition) is 2. The van der Waals surface area contributed by atoms with E-state index < -0.39 is 5.67 Å². The Kier molecular flexibility index (Phi) is 3.07. The maximum atomic E-state index is 13.5. The second kappa shape index (κ2) is 3.71. The molecule has 0 aliphatic carbocycles. The van der Waals surface area contributed by atoms with Gasteiger partial charge in [-0.3, -0.25) is 4.90 Å². The van der Waals surface area contributed by atoms with Crippen molar-refractivity contribution in [1.82, 2.24) is 4.90 Å². The lowest BCUT2D eigenvalue weighted by Crippen LogP contribution is -2.47. The zero-order valence-electron chi connectivity index (χ0n) is 8.02. The fourth-order valence-corrected chi connectivity index (χ4v) is 1.86. The highest BCUT2D eigenvalue weighted by atomic mass is 19.1. The van der Waals surface area contributed by atoms with Crippen molar-refractivity contribution in [1.29, 1.82) is 0 Å². The van der Waals surface area contributed by atoms with E-state index in [0.29, 0.717) is 13.0 Å². The molecule has 72 valence electrons. The van der Waals surface area contributed by atoms with Crippen LogP contribution in [-0.4, -0.2) is 36.2 Å². The van der Waals surface area contributed by atoms with Crippen molar-refractivity contribution in [2.24, 2.45) is 5.73 Å². The Labute approximate surface area is 73.9 Å². The molecular formula is C9H19FN2. The molecule has 2 N–H and O–H groups in total. The molecule has 0 aromatic heterocycles. The van der Waals surface area contributed by atoms with Crippen molar-refractivity contribution >= 4 is 0 Å². The topological polar surface area (TPSA) is 29.3 Å². The SMILES string of the molecule is CC(N)CN1CCCC(C)(F)C1. The van der Waals surface area contributed by atoms with Crippen molar-refractivity contribution in [3.05, 3.63) is 0 Å². The molecule has 0 spiro atoms. The number of likely N-dealkylation sites (tertiary alicyclic amines) is 1. The molecule has 0 aromatic carbocycles. The summed E-state index contributed by atoms with van der Waals surface area (Å²) in [4.78, 5) is 2.12. The van der Waals surface area contributed by atoms with Crippen LogP contribution in [0.25, 0.3) is 0 Å². The van der Waals surface area contributed by atoms with Gasteiger partial charge in [-0.1, -0.05) is 0 Å². The Hall–Kier alpha value is -0.150. The van der Waals surface area contributed by atoms with E-state index in [1.165, 1.54) is 0 Å². The van der Waals surface area contributed by atoms with E-state index in [-0.39, 0.29) is 6.04 Å². The molecule has 2 atom stereocenters. The van der Waals surface area contributed by atoms with Crippen LogP contribution in [0.5, 0.6) is 0 Å². The summed E-state index contributed by atoms with van der Waals surface area (Å²) in [5.41, 5.74) is 4.65. The van der Waals surface area contributed by atoms with Crippen LogP contribution < -0.4 is 5.73 Å².